The molecule has 2 nitrogen and oxygen atoms in total. The van der Waals surface area contributed by atoms with Crippen molar-refractivity contribution in [1.29, 1.82) is 0 Å². The molecule has 1 heterocycles. The van der Waals surface area contributed by atoms with E-state index in [1.807, 2.05) is 29.2 Å². The van der Waals surface area contributed by atoms with Gasteiger partial charge in [-0.05, 0) is 25.0 Å². The van der Waals surface area contributed by atoms with Crippen LogP contribution in [0.3, 0.4) is 0 Å². The largest absolute Gasteiger partial charge is 0.332 e. The second kappa shape index (κ2) is 3.45. The van der Waals surface area contributed by atoms with Crippen LogP contribution >= 0.6 is 0 Å². The first kappa shape index (κ1) is 9.25. The summed E-state index contributed by atoms with van der Waals surface area (Å²) < 4.78 is 0. The van der Waals surface area contributed by atoms with E-state index < -0.39 is 0 Å². The summed E-state index contributed by atoms with van der Waals surface area (Å²) in [6.45, 7) is 4.99. The van der Waals surface area contributed by atoms with Gasteiger partial charge in [-0.3, -0.25) is 4.79 Å². The third-order valence-electron chi connectivity index (χ3n) is 2.97. The van der Waals surface area contributed by atoms with Crippen LogP contribution in [-0.2, 0) is 6.54 Å². The molecule has 0 aromatic heterocycles. The number of nitrogens with zero attached hydrogens (tertiary/aromatic N) is 1. The van der Waals surface area contributed by atoms with Crippen LogP contribution in [0.5, 0.6) is 0 Å². The molecule has 1 aliphatic rings. The Morgan fingerprint density at radius 3 is 2.79 bits per heavy atom. The summed E-state index contributed by atoms with van der Waals surface area (Å²) >= 11 is 0. The summed E-state index contributed by atoms with van der Waals surface area (Å²) in [5, 5.41) is 0. The van der Waals surface area contributed by atoms with Gasteiger partial charge in [-0.25, -0.2) is 0 Å². The lowest BCUT2D eigenvalue weighted by molar-refractivity contribution is 0.0713. The molecule has 0 aliphatic carbocycles. The van der Waals surface area contributed by atoms with Gasteiger partial charge < -0.3 is 4.90 Å². The Labute approximate surface area is 84.5 Å². The van der Waals surface area contributed by atoms with Crippen molar-refractivity contribution in [2.24, 2.45) is 0 Å². The highest BCUT2D eigenvalue weighted by molar-refractivity contribution is 5.98. The minimum absolute atomic E-state index is 0.190. The molecular formula is C12H15NO. The zero-order chi connectivity index (χ0) is 10.1. The van der Waals surface area contributed by atoms with E-state index in [2.05, 4.69) is 13.8 Å². The number of fused-ring (bicyclic) bond motifs is 1. The Morgan fingerprint density at radius 1 is 1.43 bits per heavy atom. The molecule has 0 spiro atoms. The molecule has 0 N–H and O–H groups in total. The maximum atomic E-state index is 11.9. The van der Waals surface area contributed by atoms with Gasteiger partial charge in [-0.1, -0.05) is 25.1 Å². The Kier molecular flexibility index (Phi) is 2.28. The first-order valence-electron chi connectivity index (χ1n) is 5.13. The zero-order valence-corrected chi connectivity index (χ0v) is 8.66. The lowest BCUT2D eigenvalue weighted by atomic mass is 10.1. The summed E-state index contributed by atoms with van der Waals surface area (Å²) in [5.41, 5.74) is 2.05. The number of rotatable bonds is 2. The molecule has 0 saturated carbocycles. The monoisotopic (exact) mass is 189 g/mol. The zero-order valence-electron chi connectivity index (χ0n) is 8.66. The maximum absolute atomic E-state index is 11.9. The molecule has 2 rings (SSSR count). The average Bonchev–Trinajstić information content (AvgIpc) is 2.56. The molecule has 1 atom stereocenters. The van der Waals surface area contributed by atoms with Crippen LogP contribution in [0.25, 0.3) is 0 Å². The molecule has 1 aliphatic heterocycles. The first-order chi connectivity index (χ1) is 6.74. The van der Waals surface area contributed by atoms with Crippen LogP contribution < -0.4 is 0 Å². The van der Waals surface area contributed by atoms with Crippen molar-refractivity contribution in [3.63, 3.8) is 0 Å². The van der Waals surface area contributed by atoms with Gasteiger partial charge >= 0.3 is 0 Å². The van der Waals surface area contributed by atoms with Crippen molar-refractivity contribution < 1.29 is 4.79 Å². The fourth-order valence-corrected chi connectivity index (χ4v) is 1.85. The summed E-state index contributed by atoms with van der Waals surface area (Å²) in [6.07, 6.45) is 1.01. The molecule has 0 saturated heterocycles. The molecule has 1 aromatic carbocycles. The summed E-state index contributed by atoms with van der Waals surface area (Å²) in [7, 11) is 0. The van der Waals surface area contributed by atoms with Crippen LogP contribution in [0.2, 0.25) is 0 Å². The number of hydrogen-bond donors (Lipinski definition) is 0. The third kappa shape index (κ3) is 1.31. The number of carbonyl (C=O) groups is 1. The highest BCUT2D eigenvalue weighted by Crippen LogP contribution is 2.24. The molecule has 14 heavy (non-hydrogen) atoms. The minimum atomic E-state index is 0.190. The molecule has 0 fully saturated rings. The highest BCUT2D eigenvalue weighted by Gasteiger charge is 2.29. The van der Waals surface area contributed by atoms with E-state index in [0.717, 1.165) is 24.1 Å². The van der Waals surface area contributed by atoms with E-state index in [4.69, 9.17) is 0 Å². The van der Waals surface area contributed by atoms with Gasteiger partial charge in [0.05, 0.1) is 0 Å². The lowest BCUT2D eigenvalue weighted by Gasteiger charge is -2.22. The molecular weight excluding hydrogens is 174 g/mol. The molecule has 0 bridgehead atoms. The topological polar surface area (TPSA) is 20.3 Å². The highest BCUT2D eigenvalue weighted by atomic mass is 16.2. The third-order valence-corrected chi connectivity index (χ3v) is 2.97. The quantitative estimate of drug-likeness (QED) is 0.699. The molecule has 74 valence electrons. The van der Waals surface area contributed by atoms with Crippen molar-refractivity contribution >= 4 is 5.91 Å². The predicted octanol–water partition coefficient (Wildman–Crippen LogP) is 2.44. The molecule has 1 amide bonds. The van der Waals surface area contributed by atoms with Crippen LogP contribution in [0, 0.1) is 0 Å². The second-order valence-electron chi connectivity index (χ2n) is 3.85. The Morgan fingerprint density at radius 2 is 2.14 bits per heavy atom. The fourth-order valence-electron chi connectivity index (χ4n) is 1.85. The number of amides is 1. The first-order valence-corrected chi connectivity index (χ1v) is 5.13. The maximum Gasteiger partial charge on any atom is 0.254 e. The van der Waals surface area contributed by atoms with Crippen molar-refractivity contribution in [3.8, 4) is 0 Å². The van der Waals surface area contributed by atoms with E-state index in [9.17, 15) is 4.79 Å². The van der Waals surface area contributed by atoms with E-state index in [1.54, 1.807) is 0 Å². The van der Waals surface area contributed by atoms with Crippen LogP contribution in [0.15, 0.2) is 24.3 Å². The van der Waals surface area contributed by atoms with Gasteiger partial charge in [-0.15, -0.1) is 0 Å². The predicted molar refractivity (Wildman–Crippen MR) is 56.1 cm³/mol. The van der Waals surface area contributed by atoms with Crippen molar-refractivity contribution in [2.45, 2.75) is 32.9 Å². The summed E-state index contributed by atoms with van der Waals surface area (Å²) in [5.74, 6) is 0.190. The number of hydrogen-bond acceptors (Lipinski definition) is 1. The Bertz CT molecular complexity index is 359. The van der Waals surface area contributed by atoms with E-state index in [1.165, 1.54) is 0 Å². The fraction of sp³-hybridized carbons (Fsp3) is 0.417. The summed E-state index contributed by atoms with van der Waals surface area (Å²) in [4.78, 5) is 13.9. The van der Waals surface area contributed by atoms with Crippen molar-refractivity contribution in [2.75, 3.05) is 0 Å². The summed E-state index contributed by atoms with van der Waals surface area (Å²) in [6, 6.07) is 8.22. The molecule has 2 heteroatoms. The van der Waals surface area contributed by atoms with Gasteiger partial charge in [0.2, 0.25) is 0 Å². The average molecular weight is 189 g/mol. The lowest BCUT2D eigenvalue weighted by Crippen LogP contribution is -2.32. The van der Waals surface area contributed by atoms with Gasteiger partial charge in [0.15, 0.2) is 0 Å². The smallest absolute Gasteiger partial charge is 0.254 e. The SMILES string of the molecule is CC[C@@H](C)N1Cc2ccccc2C1=O. The normalized spacial score (nSPS) is 17.0. The van der Waals surface area contributed by atoms with E-state index >= 15 is 0 Å². The van der Waals surface area contributed by atoms with Crippen LogP contribution in [-0.4, -0.2) is 16.8 Å². The standard InChI is InChI=1S/C12H15NO/c1-3-9(2)13-8-10-6-4-5-7-11(10)12(13)14/h4-7,9H,3,8H2,1-2H3/t9-/m1/s1. The van der Waals surface area contributed by atoms with Gasteiger partial charge in [-0.2, -0.15) is 0 Å². The van der Waals surface area contributed by atoms with Gasteiger partial charge in [0.1, 0.15) is 0 Å². The second-order valence-corrected chi connectivity index (χ2v) is 3.85. The van der Waals surface area contributed by atoms with Gasteiger partial charge in [0.25, 0.3) is 5.91 Å². The van der Waals surface area contributed by atoms with E-state index in [0.29, 0.717) is 6.04 Å². The Balaban J connectivity index is 2.30. The molecule has 1 aromatic rings. The van der Waals surface area contributed by atoms with Crippen molar-refractivity contribution in [1.82, 2.24) is 4.90 Å². The molecule has 0 unspecified atom stereocenters. The van der Waals surface area contributed by atoms with Gasteiger partial charge in [0, 0.05) is 18.2 Å². The van der Waals surface area contributed by atoms with Crippen LogP contribution in [0.1, 0.15) is 36.2 Å². The van der Waals surface area contributed by atoms with Crippen molar-refractivity contribution in [3.05, 3.63) is 35.4 Å². The van der Waals surface area contributed by atoms with Crippen LogP contribution in [0.4, 0.5) is 0 Å². The Hall–Kier alpha value is -1.31. The minimum Gasteiger partial charge on any atom is -0.332 e. The van der Waals surface area contributed by atoms with E-state index in [-0.39, 0.29) is 5.91 Å². The number of benzene rings is 1. The number of carbonyl (C=O) groups excluding carboxylic acids is 1. The molecule has 0 radical (unpaired) electrons.